The molecule has 0 bridgehead atoms. The van der Waals surface area contributed by atoms with Crippen molar-refractivity contribution in [1.82, 2.24) is 0 Å². The van der Waals surface area contributed by atoms with Crippen LogP contribution in [0.3, 0.4) is 0 Å². The van der Waals surface area contributed by atoms with Gasteiger partial charge in [-0.1, -0.05) is 12.2 Å². The molecule has 0 aromatic rings. The van der Waals surface area contributed by atoms with Gasteiger partial charge in [0.25, 0.3) is 0 Å². The fraction of sp³-hybridized carbons (Fsp3) is 0.556. The summed E-state index contributed by atoms with van der Waals surface area (Å²) in [6, 6.07) is 0.353. The van der Waals surface area contributed by atoms with E-state index in [2.05, 4.69) is 12.2 Å². The molecule has 1 unspecified atom stereocenters. The van der Waals surface area contributed by atoms with E-state index in [4.69, 9.17) is 35.7 Å². The molecule has 0 heterocycles. The molecule has 6 N–H and O–H groups in total. The third-order valence-electron chi connectivity index (χ3n) is 1.02. The molecular weight excluding hydrogens is 218 g/mol. The van der Waals surface area contributed by atoms with Crippen molar-refractivity contribution in [3.8, 4) is 0 Å². The second-order valence-corrected chi connectivity index (χ2v) is 2.69. The van der Waals surface area contributed by atoms with Gasteiger partial charge in [-0.25, -0.2) is 9.59 Å². The van der Waals surface area contributed by atoms with Crippen molar-refractivity contribution in [2.24, 2.45) is 5.73 Å². The first-order valence-corrected chi connectivity index (χ1v) is 4.44. The topological polar surface area (TPSA) is 141 Å². The molecule has 0 aromatic heterocycles. The molecule has 16 heavy (non-hydrogen) atoms. The maximum atomic E-state index is 8.56. The van der Waals surface area contributed by atoms with E-state index in [1.54, 1.807) is 0 Å². The Bertz CT molecular complexity index is 182. The zero-order chi connectivity index (χ0) is 13.6. The van der Waals surface area contributed by atoms with Gasteiger partial charge in [0.05, 0.1) is 0 Å². The maximum Gasteiger partial charge on any atom is 0.503 e. The Kier molecular flexibility index (Phi) is 19.4. The molecule has 0 aromatic carbocycles. The summed E-state index contributed by atoms with van der Waals surface area (Å²) in [5, 5.41) is 27.9. The normalized spacial score (nSPS) is 10.4. The van der Waals surface area contributed by atoms with Gasteiger partial charge in [-0.05, 0) is 26.7 Å². The maximum absolute atomic E-state index is 8.56. The van der Waals surface area contributed by atoms with Crippen LogP contribution in [-0.4, -0.2) is 38.8 Å². The fourth-order valence-corrected chi connectivity index (χ4v) is 0.526. The monoisotopic (exact) mass is 237 g/mol. The van der Waals surface area contributed by atoms with Gasteiger partial charge < -0.3 is 26.2 Å². The Labute approximate surface area is 93.8 Å². The van der Waals surface area contributed by atoms with Gasteiger partial charge in [0, 0.05) is 6.04 Å². The lowest BCUT2D eigenvalue weighted by Gasteiger charge is -1.98. The van der Waals surface area contributed by atoms with Crippen LogP contribution in [0.5, 0.6) is 0 Å². The van der Waals surface area contributed by atoms with Crippen molar-refractivity contribution in [2.75, 3.05) is 0 Å². The van der Waals surface area contributed by atoms with E-state index >= 15 is 0 Å². The molecule has 0 rings (SSSR count). The molecule has 0 saturated heterocycles. The number of carboxylic acid groups (broad SMARTS) is 4. The lowest BCUT2D eigenvalue weighted by atomic mass is 10.2. The third-order valence-corrected chi connectivity index (χ3v) is 1.02. The summed E-state index contributed by atoms with van der Waals surface area (Å²) in [6.45, 7) is 4.06. The molecule has 0 aliphatic carbocycles. The highest BCUT2D eigenvalue weighted by Gasteiger charge is 1.87. The second-order valence-electron chi connectivity index (χ2n) is 2.69. The van der Waals surface area contributed by atoms with Crippen LogP contribution in [-0.2, 0) is 0 Å². The molecule has 0 spiro atoms. The van der Waals surface area contributed by atoms with Crippen LogP contribution in [0.2, 0.25) is 0 Å². The Balaban J connectivity index is -0.000000179. The SMILES string of the molecule is CC=CCCC(C)N.O=C(O)O.O=C(O)O. The summed E-state index contributed by atoms with van der Waals surface area (Å²) >= 11 is 0. The zero-order valence-corrected chi connectivity index (χ0v) is 9.33. The fourth-order valence-electron chi connectivity index (χ4n) is 0.526. The first kappa shape index (κ1) is 19.8. The van der Waals surface area contributed by atoms with E-state index in [0.29, 0.717) is 6.04 Å². The van der Waals surface area contributed by atoms with Gasteiger partial charge in [0.15, 0.2) is 0 Å². The number of carbonyl (C=O) groups is 2. The summed E-state index contributed by atoms with van der Waals surface area (Å²) in [7, 11) is 0. The van der Waals surface area contributed by atoms with Crippen molar-refractivity contribution in [1.29, 1.82) is 0 Å². The summed E-state index contributed by atoms with van der Waals surface area (Å²) in [5.74, 6) is 0. The van der Waals surface area contributed by atoms with E-state index in [9.17, 15) is 0 Å². The largest absolute Gasteiger partial charge is 0.503 e. The van der Waals surface area contributed by atoms with Gasteiger partial charge in [-0.2, -0.15) is 0 Å². The Morgan fingerprint density at radius 2 is 1.50 bits per heavy atom. The summed E-state index contributed by atoms with van der Waals surface area (Å²) in [6.07, 6.45) is 2.75. The predicted octanol–water partition coefficient (Wildman–Crippen LogP) is 2.13. The van der Waals surface area contributed by atoms with E-state index in [-0.39, 0.29) is 0 Å². The molecule has 7 nitrogen and oxygen atoms in total. The molecule has 0 fully saturated rings. The van der Waals surface area contributed by atoms with Crippen molar-refractivity contribution < 1.29 is 30.0 Å². The van der Waals surface area contributed by atoms with Crippen LogP contribution in [0.4, 0.5) is 9.59 Å². The molecule has 0 aliphatic rings. The highest BCUT2D eigenvalue weighted by Crippen LogP contribution is 1.93. The van der Waals surface area contributed by atoms with Crippen molar-refractivity contribution in [2.45, 2.75) is 32.7 Å². The van der Waals surface area contributed by atoms with Crippen molar-refractivity contribution in [3.05, 3.63) is 12.2 Å². The molecule has 0 radical (unpaired) electrons. The highest BCUT2D eigenvalue weighted by molar-refractivity contribution is 5.53. The minimum atomic E-state index is -1.83. The summed E-state index contributed by atoms with van der Waals surface area (Å²) in [5.41, 5.74) is 5.50. The Hall–Kier alpha value is -1.76. The van der Waals surface area contributed by atoms with Crippen LogP contribution in [0.15, 0.2) is 12.2 Å². The zero-order valence-electron chi connectivity index (χ0n) is 9.33. The predicted molar refractivity (Wildman–Crippen MR) is 59.0 cm³/mol. The molecular formula is C9H19NO6. The Morgan fingerprint density at radius 3 is 1.69 bits per heavy atom. The van der Waals surface area contributed by atoms with Gasteiger partial charge in [-0.15, -0.1) is 0 Å². The van der Waals surface area contributed by atoms with Crippen LogP contribution in [0.25, 0.3) is 0 Å². The minimum Gasteiger partial charge on any atom is -0.450 e. The van der Waals surface area contributed by atoms with Gasteiger partial charge in [0.2, 0.25) is 0 Å². The van der Waals surface area contributed by atoms with Crippen molar-refractivity contribution >= 4 is 12.3 Å². The number of allylic oxidation sites excluding steroid dienone is 2. The quantitative estimate of drug-likeness (QED) is 0.473. The number of nitrogens with two attached hydrogens (primary N) is 1. The lowest BCUT2D eigenvalue weighted by molar-refractivity contribution is 0.135. The van der Waals surface area contributed by atoms with Crippen LogP contribution >= 0.6 is 0 Å². The van der Waals surface area contributed by atoms with Gasteiger partial charge in [0.1, 0.15) is 0 Å². The summed E-state index contributed by atoms with van der Waals surface area (Å²) < 4.78 is 0. The average molecular weight is 237 g/mol. The van der Waals surface area contributed by atoms with E-state index in [1.165, 1.54) is 0 Å². The lowest BCUT2D eigenvalue weighted by Crippen LogP contribution is -2.13. The first-order chi connectivity index (χ1) is 7.23. The molecule has 96 valence electrons. The molecule has 0 amide bonds. The van der Waals surface area contributed by atoms with Gasteiger partial charge >= 0.3 is 12.3 Å². The first-order valence-electron chi connectivity index (χ1n) is 4.44. The minimum absolute atomic E-state index is 0.353. The van der Waals surface area contributed by atoms with Crippen LogP contribution in [0, 0.1) is 0 Å². The second kappa shape index (κ2) is 15.7. The average Bonchev–Trinajstić information content (AvgIpc) is 2.01. The standard InChI is InChI=1S/C7H15N.2CH2O3/c1-3-4-5-6-7(2)8;2*2-1(3)4/h3-4,7H,5-6,8H2,1-2H3;2*(H2,2,3,4). The number of hydrogen-bond donors (Lipinski definition) is 5. The van der Waals surface area contributed by atoms with E-state index in [0.717, 1.165) is 12.8 Å². The van der Waals surface area contributed by atoms with E-state index in [1.807, 2.05) is 13.8 Å². The molecule has 0 saturated carbocycles. The number of rotatable bonds is 3. The van der Waals surface area contributed by atoms with Crippen molar-refractivity contribution in [3.63, 3.8) is 0 Å². The Morgan fingerprint density at radius 1 is 1.19 bits per heavy atom. The van der Waals surface area contributed by atoms with Crippen LogP contribution in [0.1, 0.15) is 26.7 Å². The molecule has 7 heteroatoms. The smallest absolute Gasteiger partial charge is 0.450 e. The third kappa shape index (κ3) is 147. The summed E-state index contributed by atoms with van der Waals surface area (Å²) in [4.78, 5) is 17.1. The number of hydrogen-bond acceptors (Lipinski definition) is 3. The molecule has 1 atom stereocenters. The van der Waals surface area contributed by atoms with E-state index < -0.39 is 12.3 Å². The van der Waals surface area contributed by atoms with Gasteiger partial charge in [-0.3, -0.25) is 0 Å². The molecule has 0 aliphatic heterocycles. The van der Waals surface area contributed by atoms with Crippen LogP contribution < -0.4 is 5.73 Å². The highest BCUT2D eigenvalue weighted by atomic mass is 16.6.